The van der Waals surface area contributed by atoms with Crippen molar-refractivity contribution < 1.29 is 4.42 Å². The van der Waals surface area contributed by atoms with E-state index in [4.69, 9.17) is 4.42 Å². The third-order valence-electron chi connectivity index (χ3n) is 6.28. The molecule has 1 atom stereocenters. The number of thiophene rings is 1. The van der Waals surface area contributed by atoms with Gasteiger partial charge < -0.3 is 9.40 Å². The highest BCUT2D eigenvalue weighted by atomic mass is 32.1. The Kier molecular flexibility index (Phi) is 6.87. The van der Waals surface area contributed by atoms with Gasteiger partial charge in [0.25, 0.3) is 5.56 Å². The molecule has 1 N–H and O–H groups in total. The summed E-state index contributed by atoms with van der Waals surface area (Å²) < 4.78 is 7.30. The van der Waals surface area contributed by atoms with E-state index in [-0.39, 0.29) is 11.6 Å². The van der Waals surface area contributed by atoms with Crippen LogP contribution in [0.5, 0.6) is 0 Å². The number of nitrogens with zero attached hydrogens (tertiary/aromatic N) is 5. The lowest BCUT2D eigenvalue weighted by Crippen LogP contribution is -2.32. The van der Waals surface area contributed by atoms with Crippen molar-refractivity contribution in [2.45, 2.75) is 52.4 Å². The van der Waals surface area contributed by atoms with Crippen LogP contribution < -0.4 is 5.56 Å². The first-order valence-corrected chi connectivity index (χ1v) is 12.7. The van der Waals surface area contributed by atoms with Crippen molar-refractivity contribution >= 4 is 22.2 Å². The number of aromatic nitrogens is 5. The maximum absolute atomic E-state index is 13.1. The van der Waals surface area contributed by atoms with Crippen molar-refractivity contribution in [2.24, 2.45) is 0 Å². The molecule has 0 bridgehead atoms. The fraction of sp³-hybridized carbons (Fsp3) is 0.308. The number of pyridine rings is 1. The average Bonchev–Trinajstić information content (AvgIpc) is 3.65. The van der Waals surface area contributed by atoms with Gasteiger partial charge in [0.1, 0.15) is 12.3 Å². The van der Waals surface area contributed by atoms with E-state index in [1.165, 1.54) is 10.4 Å². The van der Waals surface area contributed by atoms with Gasteiger partial charge in [0.2, 0.25) is 0 Å². The van der Waals surface area contributed by atoms with Crippen LogP contribution in [0.4, 0.5) is 0 Å². The van der Waals surface area contributed by atoms with E-state index in [0.717, 1.165) is 40.9 Å². The number of aromatic amines is 1. The Morgan fingerprint density at radius 2 is 2.06 bits per heavy atom. The molecule has 9 heteroatoms. The highest BCUT2D eigenvalue weighted by Gasteiger charge is 2.26. The van der Waals surface area contributed by atoms with E-state index < -0.39 is 0 Å². The smallest absolute Gasteiger partial charge is 0.252 e. The third-order valence-corrected chi connectivity index (χ3v) is 7.14. The molecule has 0 saturated heterocycles. The maximum Gasteiger partial charge on any atom is 0.252 e. The van der Waals surface area contributed by atoms with Crippen LogP contribution in [-0.2, 0) is 26.1 Å². The molecule has 1 aromatic carbocycles. The van der Waals surface area contributed by atoms with Gasteiger partial charge in [-0.05, 0) is 76.0 Å². The minimum atomic E-state index is -0.0841. The highest BCUT2D eigenvalue weighted by Crippen LogP contribution is 2.28. The minimum absolute atomic E-state index is 0.0667. The summed E-state index contributed by atoms with van der Waals surface area (Å²) in [7, 11) is 0. The number of tetrazole rings is 1. The van der Waals surface area contributed by atoms with Crippen LogP contribution in [0.1, 0.15) is 53.9 Å². The van der Waals surface area contributed by atoms with Gasteiger partial charge in [-0.2, -0.15) is 0 Å². The van der Waals surface area contributed by atoms with E-state index in [9.17, 15) is 4.79 Å². The quantitative estimate of drug-likeness (QED) is 0.300. The van der Waals surface area contributed by atoms with Crippen molar-refractivity contribution in [1.29, 1.82) is 0 Å². The molecule has 0 amide bonds. The zero-order valence-electron chi connectivity index (χ0n) is 19.8. The van der Waals surface area contributed by atoms with E-state index in [1.807, 2.05) is 24.3 Å². The van der Waals surface area contributed by atoms with Gasteiger partial charge >= 0.3 is 0 Å². The monoisotopic (exact) mass is 488 g/mol. The van der Waals surface area contributed by atoms with Gasteiger partial charge in [0.15, 0.2) is 5.82 Å². The van der Waals surface area contributed by atoms with Crippen LogP contribution in [0.3, 0.4) is 0 Å². The summed E-state index contributed by atoms with van der Waals surface area (Å²) in [5.74, 6) is 1.54. The first-order chi connectivity index (χ1) is 17.1. The SMILES string of the molecule is CCc1ccc2[nH]c(=O)c(CN(Cc3cccs3)C(CC)c3nnnn3Cc3ccco3)cc2c1. The number of nitrogens with one attached hydrogen (secondary N) is 1. The fourth-order valence-corrected chi connectivity index (χ4v) is 5.18. The van der Waals surface area contributed by atoms with Crippen LogP contribution in [0, 0.1) is 0 Å². The number of benzene rings is 1. The summed E-state index contributed by atoms with van der Waals surface area (Å²) in [6.45, 7) is 5.88. The number of rotatable bonds is 10. The molecule has 0 aliphatic carbocycles. The molecule has 5 rings (SSSR count). The van der Waals surface area contributed by atoms with Crippen LogP contribution in [0.15, 0.2) is 69.4 Å². The van der Waals surface area contributed by atoms with E-state index in [1.54, 1.807) is 22.3 Å². The first kappa shape index (κ1) is 23.2. The second-order valence-corrected chi connectivity index (χ2v) is 9.61. The van der Waals surface area contributed by atoms with Crippen LogP contribution in [0.2, 0.25) is 0 Å². The topological polar surface area (TPSA) is 92.8 Å². The van der Waals surface area contributed by atoms with Crippen molar-refractivity contribution in [3.8, 4) is 0 Å². The van der Waals surface area contributed by atoms with Gasteiger partial charge in [-0.15, -0.1) is 16.4 Å². The molecule has 0 saturated carbocycles. The fourth-order valence-electron chi connectivity index (χ4n) is 4.45. The molecule has 8 nitrogen and oxygen atoms in total. The molecule has 4 aromatic heterocycles. The van der Waals surface area contributed by atoms with E-state index in [0.29, 0.717) is 19.6 Å². The lowest BCUT2D eigenvalue weighted by Gasteiger charge is -2.29. The predicted octanol–water partition coefficient (Wildman–Crippen LogP) is 4.93. The second-order valence-electron chi connectivity index (χ2n) is 8.58. The molecule has 0 spiro atoms. The third kappa shape index (κ3) is 5.11. The van der Waals surface area contributed by atoms with Crippen LogP contribution >= 0.6 is 11.3 Å². The summed E-state index contributed by atoms with van der Waals surface area (Å²) in [6, 6.07) is 16.1. The summed E-state index contributed by atoms with van der Waals surface area (Å²) in [4.78, 5) is 19.6. The summed E-state index contributed by atoms with van der Waals surface area (Å²) in [5.41, 5.74) is 2.76. The Morgan fingerprint density at radius 3 is 2.80 bits per heavy atom. The van der Waals surface area contributed by atoms with Crippen molar-refractivity contribution in [3.05, 3.63) is 98.1 Å². The zero-order chi connectivity index (χ0) is 24.2. The van der Waals surface area contributed by atoms with Gasteiger partial charge in [0.05, 0.1) is 12.3 Å². The van der Waals surface area contributed by atoms with Gasteiger partial charge in [-0.25, -0.2) is 4.68 Å². The number of furan rings is 1. The standard InChI is InChI=1S/C26H28N6O2S/c1-3-18-9-10-23-19(13-18)14-20(26(33)27-23)15-31(17-22-8-6-12-35-22)24(4-2)25-28-29-30-32(25)16-21-7-5-11-34-21/h5-14,24H,3-4,15-17H2,1-2H3,(H,27,33). The molecule has 5 aromatic rings. The molecule has 0 aliphatic rings. The lowest BCUT2D eigenvalue weighted by atomic mass is 10.1. The van der Waals surface area contributed by atoms with Gasteiger partial charge in [-0.1, -0.05) is 26.0 Å². The molecular weight excluding hydrogens is 460 g/mol. The molecule has 0 aliphatic heterocycles. The summed E-state index contributed by atoms with van der Waals surface area (Å²) >= 11 is 1.71. The Labute approximate surface area is 207 Å². The number of H-pyrrole nitrogens is 1. The van der Waals surface area contributed by atoms with Crippen LogP contribution in [-0.4, -0.2) is 30.1 Å². The Hall–Kier alpha value is -3.56. The number of aryl methyl sites for hydroxylation is 1. The van der Waals surface area contributed by atoms with Gasteiger partial charge in [0, 0.05) is 29.0 Å². The molecule has 1 unspecified atom stereocenters. The minimum Gasteiger partial charge on any atom is -0.467 e. The highest BCUT2D eigenvalue weighted by molar-refractivity contribution is 7.09. The molecule has 35 heavy (non-hydrogen) atoms. The van der Waals surface area contributed by atoms with E-state index in [2.05, 4.69) is 68.9 Å². The van der Waals surface area contributed by atoms with Gasteiger partial charge in [-0.3, -0.25) is 9.69 Å². The zero-order valence-corrected chi connectivity index (χ0v) is 20.7. The van der Waals surface area contributed by atoms with Crippen molar-refractivity contribution in [3.63, 3.8) is 0 Å². The van der Waals surface area contributed by atoms with E-state index >= 15 is 0 Å². The number of hydrogen-bond acceptors (Lipinski definition) is 7. The van der Waals surface area contributed by atoms with Crippen LogP contribution in [0.25, 0.3) is 10.9 Å². The largest absolute Gasteiger partial charge is 0.467 e. The molecule has 4 heterocycles. The summed E-state index contributed by atoms with van der Waals surface area (Å²) in [6.07, 6.45) is 3.39. The second kappa shape index (κ2) is 10.4. The molecule has 0 fully saturated rings. The Morgan fingerprint density at radius 1 is 1.14 bits per heavy atom. The molecule has 180 valence electrons. The number of fused-ring (bicyclic) bond motifs is 1. The van der Waals surface area contributed by atoms with Crippen molar-refractivity contribution in [2.75, 3.05) is 0 Å². The maximum atomic E-state index is 13.1. The summed E-state index contributed by atoms with van der Waals surface area (Å²) in [5, 5.41) is 15.7. The first-order valence-electron chi connectivity index (χ1n) is 11.8. The number of hydrogen-bond donors (Lipinski definition) is 1. The Balaban J connectivity index is 1.51. The van der Waals surface area contributed by atoms with Crippen molar-refractivity contribution in [1.82, 2.24) is 30.1 Å². The lowest BCUT2D eigenvalue weighted by molar-refractivity contribution is 0.162. The Bertz CT molecular complexity index is 1440. The average molecular weight is 489 g/mol. The molecule has 0 radical (unpaired) electrons. The normalized spacial score (nSPS) is 12.5. The molecular formula is C26H28N6O2S. The predicted molar refractivity (Wildman–Crippen MR) is 136 cm³/mol.